The first-order valence-electron chi connectivity index (χ1n) is 8.78. The van der Waals surface area contributed by atoms with Gasteiger partial charge in [0.1, 0.15) is 11.4 Å². The Morgan fingerprint density at radius 1 is 1.20 bits per heavy atom. The Balaban J connectivity index is 2.02. The lowest BCUT2D eigenvalue weighted by Gasteiger charge is -2.29. The number of amides is 1. The van der Waals surface area contributed by atoms with Gasteiger partial charge >= 0.3 is 6.09 Å². The molecule has 1 fully saturated rings. The molecule has 1 aromatic carbocycles. The van der Waals surface area contributed by atoms with Crippen LogP contribution in [0.4, 0.5) is 16.2 Å². The van der Waals surface area contributed by atoms with Crippen molar-refractivity contribution in [3.05, 3.63) is 18.2 Å². The van der Waals surface area contributed by atoms with E-state index in [4.69, 9.17) is 14.2 Å². The zero-order valence-corrected chi connectivity index (χ0v) is 15.8. The van der Waals surface area contributed by atoms with Crippen molar-refractivity contribution in [2.45, 2.75) is 64.2 Å². The van der Waals surface area contributed by atoms with Crippen LogP contribution in [-0.4, -0.2) is 38.1 Å². The number of hydrogen-bond acceptors (Lipinski definition) is 5. The predicted octanol–water partition coefficient (Wildman–Crippen LogP) is 4.41. The quantitative estimate of drug-likeness (QED) is 0.823. The van der Waals surface area contributed by atoms with Gasteiger partial charge < -0.3 is 19.5 Å². The molecule has 0 bridgehead atoms. The van der Waals surface area contributed by atoms with Gasteiger partial charge in [-0.25, -0.2) is 4.79 Å². The maximum Gasteiger partial charge on any atom is 0.412 e. The van der Waals surface area contributed by atoms with Crippen LogP contribution in [0.3, 0.4) is 0 Å². The molecule has 1 aliphatic carbocycles. The third-order valence-electron chi connectivity index (χ3n) is 4.17. The van der Waals surface area contributed by atoms with Gasteiger partial charge in [0.25, 0.3) is 0 Å². The van der Waals surface area contributed by atoms with Gasteiger partial charge in [-0.2, -0.15) is 0 Å². The second kappa shape index (κ2) is 8.43. The Morgan fingerprint density at radius 3 is 2.60 bits per heavy atom. The first-order chi connectivity index (χ1) is 11.8. The van der Waals surface area contributed by atoms with Gasteiger partial charge in [-0.15, -0.1) is 0 Å². The Labute approximate surface area is 150 Å². The van der Waals surface area contributed by atoms with E-state index in [1.165, 1.54) is 0 Å². The highest BCUT2D eigenvalue weighted by atomic mass is 16.6. The molecule has 1 aromatic rings. The Kier molecular flexibility index (Phi) is 6.53. The van der Waals surface area contributed by atoms with Gasteiger partial charge in [0.05, 0.1) is 18.9 Å². The molecule has 0 spiro atoms. The van der Waals surface area contributed by atoms with E-state index in [1.807, 2.05) is 39.0 Å². The number of hydrogen-bond donors (Lipinski definition) is 2. The lowest BCUT2D eigenvalue weighted by molar-refractivity contribution is 0.0635. The summed E-state index contributed by atoms with van der Waals surface area (Å²) >= 11 is 0. The Morgan fingerprint density at radius 2 is 1.96 bits per heavy atom. The summed E-state index contributed by atoms with van der Waals surface area (Å²) in [5, 5.41) is 6.27. The minimum atomic E-state index is -0.544. The summed E-state index contributed by atoms with van der Waals surface area (Å²) in [6.07, 6.45) is 4.22. The molecule has 1 saturated carbocycles. The van der Waals surface area contributed by atoms with Gasteiger partial charge in [0, 0.05) is 24.9 Å². The first-order valence-corrected chi connectivity index (χ1v) is 8.78. The average molecular weight is 350 g/mol. The van der Waals surface area contributed by atoms with Crippen molar-refractivity contribution in [1.29, 1.82) is 0 Å². The largest absolute Gasteiger partial charge is 0.494 e. The van der Waals surface area contributed by atoms with Gasteiger partial charge in [-0.1, -0.05) is 0 Å². The van der Waals surface area contributed by atoms with Gasteiger partial charge in [-0.3, -0.25) is 5.32 Å². The second-order valence-corrected chi connectivity index (χ2v) is 7.41. The van der Waals surface area contributed by atoms with Crippen LogP contribution in [0.15, 0.2) is 18.2 Å². The predicted molar refractivity (Wildman–Crippen MR) is 99.5 cm³/mol. The molecule has 6 nitrogen and oxygen atoms in total. The van der Waals surface area contributed by atoms with E-state index >= 15 is 0 Å². The number of nitrogens with one attached hydrogen (secondary N) is 2. The summed E-state index contributed by atoms with van der Waals surface area (Å²) in [4.78, 5) is 11.9. The Hall–Kier alpha value is -1.95. The minimum Gasteiger partial charge on any atom is -0.494 e. The molecule has 25 heavy (non-hydrogen) atoms. The van der Waals surface area contributed by atoms with E-state index in [9.17, 15) is 4.79 Å². The highest BCUT2D eigenvalue weighted by Gasteiger charge is 2.22. The van der Waals surface area contributed by atoms with Crippen molar-refractivity contribution in [3.8, 4) is 5.75 Å². The first kappa shape index (κ1) is 19.4. The standard InChI is InChI=1S/C19H30N2O4/c1-19(2,3)25-18(22)21-16-10-9-14(12-17(16)24-5)20-13-7-6-8-15(11-13)23-4/h9-10,12-13,15,20H,6-8,11H2,1-5H3,(H,21,22). The van der Waals surface area contributed by atoms with Crippen molar-refractivity contribution in [1.82, 2.24) is 0 Å². The summed E-state index contributed by atoms with van der Waals surface area (Å²) in [6.45, 7) is 5.48. The van der Waals surface area contributed by atoms with Crippen LogP contribution in [0.1, 0.15) is 46.5 Å². The minimum absolute atomic E-state index is 0.321. The van der Waals surface area contributed by atoms with E-state index in [1.54, 1.807) is 14.2 Å². The molecule has 0 saturated heterocycles. The molecule has 2 rings (SSSR count). The number of carbonyl (C=O) groups is 1. The molecule has 2 N–H and O–H groups in total. The van der Waals surface area contributed by atoms with Crippen molar-refractivity contribution in [2.75, 3.05) is 24.9 Å². The van der Waals surface area contributed by atoms with E-state index in [0.717, 1.165) is 31.4 Å². The number of rotatable bonds is 5. The smallest absolute Gasteiger partial charge is 0.412 e. The fourth-order valence-corrected chi connectivity index (χ4v) is 3.02. The van der Waals surface area contributed by atoms with Crippen LogP contribution in [-0.2, 0) is 9.47 Å². The fraction of sp³-hybridized carbons (Fsp3) is 0.632. The molecule has 0 heterocycles. The van der Waals surface area contributed by atoms with Gasteiger partial charge in [-0.05, 0) is 58.6 Å². The molecule has 0 aromatic heterocycles. The van der Waals surface area contributed by atoms with Crippen LogP contribution in [0.5, 0.6) is 5.75 Å². The summed E-state index contributed by atoms with van der Waals surface area (Å²) in [5.41, 5.74) is 1.01. The van der Waals surface area contributed by atoms with Crippen molar-refractivity contribution in [3.63, 3.8) is 0 Å². The second-order valence-electron chi connectivity index (χ2n) is 7.41. The monoisotopic (exact) mass is 350 g/mol. The maximum absolute atomic E-state index is 11.9. The number of ether oxygens (including phenoxy) is 3. The van der Waals surface area contributed by atoms with Crippen LogP contribution in [0.25, 0.3) is 0 Å². The highest BCUT2D eigenvalue weighted by molar-refractivity contribution is 5.87. The van der Waals surface area contributed by atoms with Gasteiger partial charge in [0.2, 0.25) is 0 Å². The van der Waals surface area contributed by atoms with E-state index in [0.29, 0.717) is 23.6 Å². The SMILES string of the molecule is COc1cc(NC2CCCC(OC)C2)ccc1NC(=O)OC(C)(C)C. The number of carbonyl (C=O) groups excluding carboxylic acids is 1. The summed E-state index contributed by atoms with van der Waals surface area (Å²) in [5.74, 6) is 0.593. The zero-order chi connectivity index (χ0) is 18.4. The molecule has 1 amide bonds. The number of anilines is 2. The molecular formula is C19H30N2O4. The third kappa shape index (κ3) is 6.12. The molecule has 1 aliphatic rings. The van der Waals surface area contributed by atoms with Crippen molar-refractivity contribution in [2.24, 2.45) is 0 Å². The molecule has 0 radical (unpaired) electrons. The Bertz CT molecular complexity index is 583. The van der Waals surface area contributed by atoms with E-state index in [-0.39, 0.29) is 0 Å². The van der Waals surface area contributed by atoms with Crippen molar-refractivity contribution >= 4 is 17.5 Å². The molecule has 6 heteroatoms. The number of methoxy groups -OCH3 is 2. The van der Waals surface area contributed by atoms with E-state index in [2.05, 4.69) is 10.6 Å². The number of benzene rings is 1. The van der Waals surface area contributed by atoms with Gasteiger partial charge in [0.15, 0.2) is 0 Å². The summed E-state index contributed by atoms with van der Waals surface area (Å²) < 4.78 is 16.2. The molecule has 2 unspecified atom stereocenters. The van der Waals surface area contributed by atoms with Crippen LogP contribution < -0.4 is 15.4 Å². The summed E-state index contributed by atoms with van der Waals surface area (Å²) in [6, 6.07) is 6.03. The normalized spacial score (nSPS) is 20.7. The average Bonchev–Trinajstić information content (AvgIpc) is 2.54. The van der Waals surface area contributed by atoms with Crippen LogP contribution >= 0.6 is 0 Å². The molecule has 140 valence electrons. The zero-order valence-electron chi connectivity index (χ0n) is 15.8. The molecule has 2 atom stereocenters. The lowest BCUT2D eigenvalue weighted by Crippen LogP contribution is -2.31. The van der Waals surface area contributed by atoms with Crippen LogP contribution in [0.2, 0.25) is 0 Å². The fourth-order valence-electron chi connectivity index (χ4n) is 3.02. The molecular weight excluding hydrogens is 320 g/mol. The lowest BCUT2D eigenvalue weighted by atomic mass is 9.92. The maximum atomic E-state index is 11.9. The molecule has 0 aliphatic heterocycles. The third-order valence-corrected chi connectivity index (χ3v) is 4.17. The van der Waals surface area contributed by atoms with Crippen LogP contribution in [0, 0.1) is 0 Å². The summed E-state index contributed by atoms with van der Waals surface area (Å²) in [7, 11) is 3.36. The topological polar surface area (TPSA) is 68.8 Å². The van der Waals surface area contributed by atoms with E-state index < -0.39 is 11.7 Å². The van der Waals surface area contributed by atoms with Crippen molar-refractivity contribution < 1.29 is 19.0 Å². The highest BCUT2D eigenvalue weighted by Crippen LogP contribution is 2.30.